The average Bonchev–Trinajstić information content (AvgIpc) is 2.46. The lowest BCUT2D eigenvalue weighted by molar-refractivity contribution is -0.00259. The van der Waals surface area contributed by atoms with Crippen LogP contribution in [0.3, 0.4) is 0 Å². The summed E-state index contributed by atoms with van der Waals surface area (Å²) in [5.74, 6) is 5.98. The third kappa shape index (κ3) is 4.97. The molecule has 0 radical (unpaired) electrons. The average molecular weight is 272 g/mol. The molecule has 1 unspecified atom stereocenters. The Morgan fingerprint density at radius 3 is 3.05 bits per heavy atom. The number of rotatable bonds is 4. The lowest BCUT2D eigenvalue weighted by Gasteiger charge is -2.27. The topological polar surface area (TPSA) is 38.5 Å². The maximum atomic E-state index is 5.79. The molecule has 0 amide bonds. The van der Waals surface area contributed by atoms with Crippen LogP contribution in [0.2, 0.25) is 0 Å². The smallest absolute Gasteiger partial charge is 0.0702 e. The van der Waals surface area contributed by atoms with E-state index in [9.17, 15) is 0 Å². The molecular formula is C17H24N2O. The zero-order chi connectivity index (χ0) is 14.2. The van der Waals surface area contributed by atoms with Crippen LogP contribution >= 0.6 is 0 Å². The lowest BCUT2D eigenvalue weighted by Crippen LogP contribution is -2.33. The number of nitrogens with two attached hydrogens (primary N) is 1. The Morgan fingerprint density at radius 1 is 1.40 bits per heavy atom. The maximum Gasteiger partial charge on any atom is 0.0702 e. The van der Waals surface area contributed by atoms with Crippen molar-refractivity contribution in [2.45, 2.75) is 31.9 Å². The van der Waals surface area contributed by atoms with Gasteiger partial charge in [-0.1, -0.05) is 24.0 Å². The van der Waals surface area contributed by atoms with Gasteiger partial charge in [-0.3, -0.25) is 4.90 Å². The zero-order valence-electron chi connectivity index (χ0n) is 12.3. The van der Waals surface area contributed by atoms with Crippen molar-refractivity contribution in [1.82, 2.24) is 4.90 Å². The van der Waals surface area contributed by atoms with E-state index >= 15 is 0 Å². The number of nitrogens with zero attached hydrogens (tertiary/aromatic N) is 1. The van der Waals surface area contributed by atoms with E-state index in [4.69, 9.17) is 10.5 Å². The van der Waals surface area contributed by atoms with Crippen LogP contribution in [0.5, 0.6) is 0 Å². The maximum absolute atomic E-state index is 5.79. The van der Waals surface area contributed by atoms with Gasteiger partial charge in [0, 0.05) is 25.3 Å². The van der Waals surface area contributed by atoms with Crippen LogP contribution in [0, 0.1) is 11.8 Å². The van der Waals surface area contributed by atoms with Gasteiger partial charge in [-0.05, 0) is 44.0 Å². The lowest BCUT2D eigenvalue weighted by atomic mass is 10.1. The Hall–Kier alpha value is -1.34. The van der Waals surface area contributed by atoms with Gasteiger partial charge in [-0.2, -0.15) is 0 Å². The molecule has 2 rings (SSSR count). The summed E-state index contributed by atoms with van der Waals surface area (Å²) < 4.78 is 5.79. The number of ether oxygens (including phenoxy) is 1. The van der Waals surface area contributed by atoms with Gasteiger partial charge in [-0.25, -0.2) is 0 Å². The Kier molecular flexibility index (Phi) is 6.07. The minimum Gasteiger partial charge on any atom is -0.377 e. The fourth-order valence-corrected chi connectivity index (χ4v) is 2.58. The highest BCUT2D eigenvalue weighted by Crippen LogP contribution is 2.14. The monoisotopic (exact) mass is 272 g/mol. The van der Waals surface area contributed by atoms with Crippen LogP contribution in [0.25, 0.3) is 0 Å². The van der Waals surface area contributed by atoms with Gasteiger partial charge in [0.15, 0.2) is 0 Å². The first-order valence-electron chi connectivity index (χ1n) is 7.36. The minimum absolute atomic E-state index is 0.397. The number of likely N-dealkylation sites (N-methyl/N-ethyl adjacent to an activating group) is 1. The molecule has 3 heteroatoms. The van der Waals surface area contributed by atoms with E-state index in [1.54, 1.807) is 0 Å². The molecule has 0 bridgehead atoms. The molecule has 3 nitrogen and oxygen atoms in total. The summed E-state index contributed by atoms with van der Waals surface area (Å²) in [6.45, 7) is 3.25. The van der Waals surface area contributed by atoms with Gasteiger partial charge in [0.25, 0.3) is 0 Å². The number of hydrogen-bond donors (Lipinski definition) is 1. The Morgan fingerprint density at radius 2 is 2.30 bits per heavy atom. The first-order chi connectivity index (χ1) is 9.78. The predicted octanol–water partition coefficient (Wildman–Crippen LogP) is 2.00. The predicted molar refractivity (Wildman–Crippen MR) is 82.3 cm³/mol. The molecular weight excluding hydrogens is 248 g/mol. The normalized spacial score (nSPS) is 18.6. The van der Waals surface area contributed by atoms with Crippen molar-refractivity contribution in [1.29, 1.82) is 0 Å². The summed E-state index contributed by atoms with van der Waals surface area (Å²) in [6, 6.07) is 8.37. The molecule has 0 saturated carbocycles. The first kappa shape index (κ1) is 15.1. The molecule has 1 aliphatic rings. The molecule has 0 aliphatic carbocycles. The van der Waals surface area contributed by atoms with E-state index in [0.29, 0.717) is 12.6 Å². The van der Waals surface area contributed by atoms with Crippen molar-refractivity contribution >= 4 is 0 Å². The van der Waals surface area contributed by atoms with Crippen LogP contribution in [0.4, 0.5) is 0 Å². The highest BCUT2D eigenvalue weighted by Gasteiger charge is 2.15. The third-order valence-corrected chi connectivity index (χ3v) is 3.50. The van der Waals surface area contributed by atoms with Crippen molar-refractivity contribution in [3.8, 4) is 11.8 Å². The molecule has 0 spiro atoms. The second kappa shape index (κ2) is 8.06. The van der Waals surface area contributed by atoms with Crippen molar-refractivity contribution in [3.05, 3.63) is 35.4 Å². The fraction of sp³-hybridized carbons (Fsp3) is 0.529. The molecule has 108 valence electrons. The second-order valence-corrected chi connectivity index (χ2v) is 5.39. The fourth-order valence-electron chi connectivity index (χ4n) is 2.58. The van der Waals surface area contributed by atoms with Crippen molar-refractivity contribution in [2.24, 2.45) is 5.73 Å². The summed E-state index contributed by atoms with van der Waals surface area (Å²) in [5.41, 5.74) is 7.73. The van der Waals surface area contributed by atoms with Gasteiger partial charge in [0.05, 0.1) is 12.6 Å². The molecule has 20 heavy (non-hydrogen) atoms. The molecule has 1 saturated heterocycles. The summed E-state index contributed by atoms with van der Waals surface area (Å²) >= 11 is 0. The molecule has 1 aromatic carbocycles. The van der Waals surface area contributed by atoms with Crippen molar-refractivity contribution in [3.63, 3.8) is 0 Å². The van der Waals surface area contributed by atoms with Crippen LogP contribution in [0.1, 0.15) is 30.4 Å². The molecule has 0 aromatic heterocycles. The van der Waals surface area contributed by atoms with Gasteiger partial charge in [0.2, 0.25) is 0 Å². The van der Waals surface area contributed by atoms with Crippen LogP contribution in [-0.2, 0) is 11.3 Å². The van der Waals surface area contributed by atoms with Crippen LogP contribution < -0.4 is 5.73 Å². The third-order valence-electron chi connectivity index (χ3n) is 3.50. The number of benzene rings is 1. The summed E-state index contributed by atoms with van der Waals surface area (Å²) in [5, 5.41) is 0. The molecule has 1 heterocycles. The van der Waals surface area contributed by atoms with Gasteiger partial charge < -0.3 is 10.5 Å². The van der Waals surface area contributed by atoms with Gasteiger partial charge in [0.1, 0.15) is 0 Å². The summed E-state index contributed by atoms with van der Waals surface area (Å²) in [4.78, 5) is 2.32. The first-order valence-corrected chi connectivity index (χ1v) is 7.36. The Labute approximate surface area is 122 Å². The molecule has 1 fully saturated rings. The van der Waals surface area contributed by atoms with Crippen LogP contribution in [0.15, 0.2) is 24.3 Å². The molecule has 2 N–H and O–H groups in total. The highest BCUT2D eigenvalue weighted by atomic mass is 16.5. The molecule has 1 aromatic rings. The largest absolute Gasteiger partial charge is 0.377 e. The highest BCUT2D eigenvalue weighted by molar-refractivity contribution is 5.37. The Bertz CT molecular complexity index is 469. The minimum atomic E-state index is 0.397. The zero-order valence-corrected chi connectivity index (χ0v) is 12.3. The SMILES string of the molecule is CN(Cc1cccc(C#CCN)c1)CC1CCCCO1. The summed E-state index contributed by atoms with van der Waals surface area (Å²) in [7, 11) is 2.15. The van der Waals surface area contributed by atoms with E-state index in [1.807, 2.05) is 6.07 Å². The quantitative estimate of drug-likeness (QED) is 0.852. The van der Waals surface area contributed by atoms with E-state index < -0.39 is 0 Å². The summed E-state index contributed by atoms with van der Waals surface area (Å²) in [6.07, 6.45) is 4.09. The Balaban J connectivity index is 1.88. The van der Waals surface area contributed by atoms with E-state index in [0.717, 1.165) is 25.3 Å². The molecule has 1 atom stereocenters. The van der Waals surface area contributed by atoms with E-state index in [-0.39, 0.29) is 0 Å². The van der Waals surface area contributed by atoms with Crippen LogP contribution in [-0.4, -0.2) is 37.7 Å². The number of hydrogen-bond acceptors (Lipinski definition) is 3. The molecule has 1 aliphatic heterocycles. The van der Waals surface area contributed by atoms with E-state index in [1.165, 1.54) is 24.8 Å². The van der Waals surface area contributed by atoms with Crippen molar-refractivity contribution in [2.75, 3.05) is 26.7 Å². The second-order valence-electron chi connectivity index (χ2n) is 5.39. The standard InChI is InChI=1S/C17H24N2O/c1-19(14-17-9-2-3-11-20-17)13-16-7-4-6-15(12-16)8-5-10-18/h4,6-7,12,17H,2-3,9-11,13-14,18H2,1H3. The van der Waals surface area contributed by atoms with Gasteiger partial charge in [-0.15, -0.1) is 0 Å². The van der Waals surface area contributed by atoms with E-state index in [2.05, 4.69) is 42.0 Å². The van der Waals surface area contributed by atoms with Gasteiger partial charge >= 0.3 is 0 Å². The van der Waals surface area contributed by atoms with Crippen molar-refractivity contribution < 1.29 is 4.74 Å².